The van der Waals surface area contributed by atoms with Gasteiger partial charge in [-0.25, -0.2) is 0 Å². The summed E-state index contributed by atoms with van der Waals surface area (Å²) in [7, 11) is 0. The Morgan fingerprint density at radius 1 is 1.19 bits per heavy atom. The minimum atomic E-state index is -0.478. The topological polar surface area (TPSA) is 76.7 Å². The fourth-order valence-electron chi connectivity index (χ4n) is 3.16. The van der Waals surface area contributed by atoms with Crippen molar-refractivity contribution in [1.82, 2.24) is 10.9 Å². The first kappa shape index (κ1) is 17.2. The van der Waals surface area contributed by atoms with Crippen molar-refractivity contribution in [3.63, 3.8) is 0 Å². The molecule has 0 saturated heterocycles. The highest BCUT2D eigenvalue weighted by Gasteiger charge is 2.23. The maximum Gasteiger partial charge on any atom is 0.279 e. The zero-order chi connectivity index (χ0) is 18.3. The van der Waals surface area contributed by atoms with Crippen LogP contribution in [-0.4, -0.2) is 18.6 Å². The number of carbonyl (C=O) groups is 2. The average Bonchev–Trinajstić information content (AvgIpc) is 3.25. The largest absolute Gasteiger partial charge is 0.454 e. The van der Waals surface area contributed by atoms with Gasteiger partial charge in [0.05, 0.1) is 9.90 Å². The van der Waals surface area contributed by atoms with Crippen LogP contribution in [-0.2, 0) is 12.8 Å². The Balaban J connectivity index is 1.42. The molecule has 8 heteroatoms. The Morgan fingerprint density at radius 2 is 2.00 bits per heavy atom. The summed E-state index contributed by atoms with van der Waals surface area (Å²) in [6.07, 6.45) is 3.16. The molecule has 0 radical (unpaired) electrons. The lowest BCUT2D eigenvalue weighted by atomic mass is 9.90. The van der Waals surface area contributed by atoms with Crippen LogP contribution in [0.1, 0.15) is 43.8 Å². The number of hydrogen-bond acceptors (Lipinski definition) is 5. The van der Waals surface area contributed by atoms with E-state index >= 15 is 0 Å². The highest BCUT2D eigenvalue weighted by molar-refractivity contribution is 7.14. The number of hydrogen-bond donors (Lipinski definition) is 2. The second kappa shape index (κ2) is 6.81. The summed E-state index contributed by atoms with van der Waals surface area (Å²) in [4.78, 5) is 26.5. The second-order valence-corrected chi connectivity index (χ2v) is 8.05. The molecule has 2 amide bonds. The van der Waals surface area contributed by atoms with Gasteiger partial charge in [-0.15, -0.1) is 11.3 Å². The van der Waals surface area contributed by atoms with Crippen LogP contribution in [0.3, 0.4) is 0 Å². The summed E-state index contributed by atoms with van der Waals surface area (Å²) in [6, 6.07) is 4.93. The van der Waals surface area contributed by atoms with Crippen molar-refractivity contribution in [3.05, 3.63) is 44.1 Å². The van der Waals surface area contributed by atoms with E-state index in [0.29, 0.717) is 22.3 Å². The predicted molar refractivity (Wildman–Crippen MR) is 98.0 cm³/mol. The van der Waals surface area contributed by atoms with Gasteiger partial charge >= 0.3 is 0 Å². The zero-order valence-electron chi connectivity index (χ0n) is 14.1. The van der Waals surface area contributed by atoms with Gasteiger partial charge in [0, 0.05) is 10.4 Å². The molecular weight excluding hydrogens is 376 g/mol. The summed E-state index contributed by atoms with van der Waals surface area (Å²) in [5.41, 5.74) is 6.40. The number of hydrazine groups is 1. The van der Waals surface area contributed by atoms with E-state index in [1.807, 2.05) is 6.07 Å². The quantitative estimate of drug-likeness (QED) is 0.768. The molecule has 1 aliphatic carbocycles. The maximum absolute atomic E-state index is 12.3. The Morgan fingerprint density at radius 3 is 2.85 bits per heavy atom. The van der Waals surface area contributed by atoms with E-state index in [2.05, 4.69) is 17.8 Å². The van der Waals surface area contributed by atoms with Gasteiger partial charge in [-0.1, -0.05) is 18.5 Å². The van der Waals surface area contributed by atoms with Crippen LogP contribution in [0, 0.1) is 5.92 Å². The van der Waals surface area contributed by atoms with Crippen LogP contribution >= 0.6 is 22.9 Å². The molecule has 4 rings (SSSR count). The molecule has 136 valence electrons. The van der Waals surface area contributed by atoms with E-state index in [9.17, 15) is 9.59 Å². The van der Waals surface area contributed by atoms with Crippen molar-refractivity contribution < 1.29 is 19.1 Å². The van der Waals surface area contributed by atoms with Crippen LogP contribution in [0.25, 0.3) is 0 Å². The van der Waals surface area contributed by atoms with Crippen molar-refractivity contribution in [3.8, 4) is 11.5 Å². The molecule has 1 atom stereocenters. The Hall–Kier alpha value is -2.25. The van der Waals surface area contributed by atoms with E-state index in [0.717, 1.165) is 19.3 Å². The Bertz CT molecular complexity index is 896. The molecule has 26 heavy (non-hydrogen) atoms. The first-order chi connectivity index (χ1) is 12.5. The molecule has 6 nitrogen and oxygen atoms in total. The van der Waals surface area contributed by atoms with Crippen molar-refractivity contribution in [1.29, 1.82) is 0 Å². The molecule has 2 N–H and O–H groups in total. The van der Waals surface area contributed by atoms with E-state index in [-0.39, 0.29) is 23.3 Å². The van der Waals surface area contributed by atoms with Crippen molar-refractivity contribution >= 4 is 34.8 Å². The van der Waals surface area contributed by atoms with Gasteiger partial charge in [-0.3, -0.25) is 20.4 Å². The van der Waals surface area contributed by atoms with Crippen molar-refractivity contribution in [2.75, 3.05) is 6.79 Å². The number of carbonyl (C=O) groups excluding carboxylic acids is 2. The minimum absolute atomic E-state index is 0.0680. The molecule has 2 aromatic rings. The number of benzene rings is 1. The van der Waals surface area contributed by atoms with Gasteiger partial charge in [0.1, 0.15) is 0 Å². The normalized spacial score (nSPS) is 17.5. The zero-order valence-corrected chi connectivity index (χ0v) is 15.6. The Labute approximate surface area is 159 Å². The summed E-state index contributed by atoms with van der Waals surface area (Å²) < 4.78 is 10.5. The Kier molecular flexibility index (Phi) is 4.50. The number of amides is 2. The minimum Gasteiger partial charge on any atom is -0.454 e. The van der Waals surface area contributed by atoms with Gasteiger partial charge in [-0.2, -0.15) is 0 Å². The molecular formula is C18H17ClN2O4S. The molecule has 0 bridgehead atoms. The summed E-state index contributed by atoms with van der Waals surface area (Å²) in [6.45, 7) is 2.29. The summed E-state index contributed by atoms with van der Waals surface area (Å²) in [5, 5.41) is 0.288. The summed E-state index contributed by atoms with van der Waals surface area (Å²) in [5.74, 6) is 0.675. The number of halogens is 1. The fourth-order valence-corrected chi connectivity index (χ4v) is 4.53. The first-order valence-corrected chi connectivity index (χ1v) is 9.52. The second-order valence-electron chi connectivity index (χ2n) is 6.51. The third-order valence-corrected chi connectivity index (χ3v) is 6.05. The van der Waals surface area contributed by atoms with E-state index in [1.165, 1.54) is 33.9 Å². The highest BCUT2D eigenvalue weighted by atomic mass is 35.5. The number of nitrogens with one attached hydrogen (secondary N) is 2. The summed E-state index contributed by atoms with van der Waals surface area (Å²) >= 11 is 7.57. The van der Waals surface area contributed by atoms with Crippen molar-refractivity contribution in [2.45, 2.75) is 26.2 Å². The first-order valence-electron chi connectivity index (χ1n) is 8.32. The SMILES string of the molecule is C[C@@H]1CCc2sc(C(=O)NNC(=O)c3cc(Cl)c4c(c3)OCO4)cc2C1. The smallest absolute Gasteiger partial charge is 0.279 e. The van der Waals surface area contributed by atoms with Crippen molar-refractivity contribution in [2.24, 2.45) is 5.92 Å². The van der Waals surface area contributed by atoms with Crippen LogP contribution in [0.2, 0.25) is 5.02 Å². The molecule has 1 aromatic carbocycles. The standard InChI is InChI=1S/C18H17ClN2O4S/c1-9-2-3-14-10(4-9)7-15(26-14)18(23)21-20-17(22)11-5-12(19)16-13(6-11)24-8-25-16/h5-7,9H,2-4,8H2,1H3,(H,20,22)(H,21,23)/t9-/m1/s1. The number of fused-ring (bicyclic) bond motifs is 2. The predicted octanol–water partition coefficient (Wildman–Crippen LogP) is 3.33. The lowest BCUT2D eigenvalue weighted by Crippen LogP contribution is -2.41. The molecule has 1 aromatic heterocycles. The van der Waals surface area contributed by atoms with Gasteiger partial charge in [0.25, 0.3) is 11.8 Å². The fraction of sp³-hybridized carbons (Fsp3) is 0.333. The third kappa shape index (κ3) is 3.24. The number of ether oxygens (including phenoxy) is 2. The molecule has 1 aliphatic heterocycles. The number of thiophene rings is 1. The molecule has 2 heterocycles. The number of rotatable bonds is 2. The van der Waals surface area contributed by atoms with Gasteiger partial charge < -0.3 is 9.47 Å². The molecule has 0 spiro atoms. The average molecular weight is 393 g/mol. The van der Waals surface area contributed by atoms with Gasteiger partial charge in [-0.05, 0) is 48.9 Å². The lowest BCUT2D eigenvalue weighted by molar-refractivity contribution is 0.0848. The van der Waals surface area contributed by atoms with E-state index in [4.69, 9.17) is 21.1 Å². The molecule has 2 aliphatic rings. The van der Waals surface area contributed by atoms with Crippen LogP contribution in [0.4, 0.5) is 0 Å². The van der Waals surface area contributed by atoms with Crippen LogP contribution in [0.5, 0.6) is 11.5 Å². The molecule has 0 saturated carbocycles. The maximum atomic E-state index is 12.3. The molecule has 0 fully saturated rings. The highest BCUT2D eigenvalue weighted by Crippen LogP contribution is 2.39. The lowest BCUT2D eigenvalue weighted by Gasteiger charge is -2.16. The van der Waals surface area contributed by atoms with E-state index < -0.39 is 5.91 Å². The van der Waals surface area contributed by atoms with Crippen LogP contribution in [0.15, 0.2) is 18.2 Å². The third-order valence-electron chi connectivity index (χ3n) is 4.53. The van der Waals surface area contributed by atoms with Gasteiger partial charge in [0.15, 0.2) is 11.5 Å². The molecule has 0 unspecified atom stereocenters. The number of aryl methyl sites for hydroxylation is 1. The van der Waals surface area contributed by atoms with Gasteiger partial charge in [0.2, 0.25) is 6.79 Å². The van der Waals surface area contributed by atoms with E-state index in [1.54, 1.807) is 0 Å². The van der Waals surface area contributed by atoms with Crippen LogP contribution < -0.4 is 20.3 Å². The monoisotopic (exact) mass is 392 g/mol.